The fraction of sp³-hybridized carbons (Fsp3) is 0.688. The first-order valence-corrected chi connectivity index (χ1v) is 8.19. The van der Waals surface area contributed by atoms with E-state index >= 15 is 0 Å². The van der Waals surface area contributed by atoms with E-state index in [0.717, 1.165) is 12.8 Å². The van der Waals surface area contributed by atoms with Gasteiger partial charge in [-0.3, -0.25) is 0 Å². The SMILES string of the molecule is CCCCCCCCC[C@H](C)OC(=O)c1cnc(Cl)cn1. The smallest absolute Gasteiger partial charge is 0.358 e. The van der Waals surface area contributed by atoms with Gasteiger partial charge < -0.3 is 4.74 Å². The van der Waals surface area contributed by atoms with E-state index in [2.05, 4.69) is 16.9 Å². The lowest BCUT2D eigenvalue weighted by Crippen LogP contribution is -2.16. The Morgan fingerprint density at radius 2 is 1.81 bits per heavy atom. The Labute approximate surface area is 132 Å². The largest absolute Gasteiger partial charge is 0.458 e. The minimum Gasteiger partial charge on any atom is -0.458 e. The zero-order valence-electron chi connectivity index (χ0n) is 13.0. The molecular weight excluding hydrogens is 288 g/mol. The number of carbonyl (C=O) groups is 1. The Morgan fingerprint density at radius 1 is 1.14 bits per heavy atom. The molecule has 1 aromatic heterocycles. The second kappa shape index (κ2) is 10.6. The number of hydrogen-bond acceptors (Lipinski definition) is 4. The van der Waals surface area contributed by atoms with Gasteiger partial charge in [0.2, 0.25) is 0 Å². The maximum absolute atomic E-state index is 11.8. The highest BCUT2D eigenvalue weighted by Gasteiger charge is 2.13. The zero-order valence-corrected chi connectivity index (χ0v) is 13.7. The first-order valence-electron chi connectivity index (χ1n) is 7.82. The summed E-state index contributed by atoms with van der Waals surface area (Å²) in [5.41, 5.74) is 0.200. The van der Waals surface area contributed by atoms with Crippen molar-refractivity contribution in [3.8, 4) is 0 Å². The second-order valence-electron chi connectivity index (χ2n) is 5.35. The van der Waals surface area contributed by atoms with Gasteiger partial charge in [-0.2, -0.15) is 0 Å². The lowest BCUT2D eigenvalue weighted by Gasteiger charge is -2.12. The van der Waals surface area contributed by atoms with Gasteiger partial charge in [0.1, 0.15) is 5.15 Å². The summed E-state index contributed by atoms with van der Waals surface area (Å²) in [6.07, 6.45) is 12.3. The number of aromatic nitrogens is 2. The third-order valence-corrected chi connectivity index (χ3v) is 3.55. The summed E-state index contributed by atoms with van der Waals surface area (Å²) < 4.78 is 5.34. The third kappa shape index (κ3) is 8.00. The molecule has 1 aromatic rings. The number of unbranched alkanes of at least 4 members (excludes halogenated alkanes) is 6. The van der Waals surface area contributed by atoms with Crippen LogP contribution in [-0.4, -0.2) is 22.0 Å². The number of esters is 1. The maximum atomic E-state index is 11.8. The van der Waals surface area contributed by atoms with Crippen molar-refractivity contribution in [2.75, 3.05) is 0 Å². The van der Waals surface area contributed by atoms with E-state index in [4.69, 9.17) is 16.3 Å². The number of ether oxygens (including phenoxy) is 1. The van der Waals surface area contributed by atoms with Gasteiger partial charge in [0, 0.05) is 0 Å². The Kier molecular flexibility index (Phi) is 8.99. The molecular formula is C16H25ClN2O2. The lowest BCUT2D eigenvalue weighted by molar-refractivity contribution is 0.0312. The molecule has 0 saturated heterocycles. The van der Waals surface area contributed by atoms with Crippen molar-refractivity contribution in [2.24, 2.45) is 0 Å². The monoisotopic (exact) mass is 312 g/mol. The van der Waals surface area contributed by atoms with Gasteiger partial charge >= 0.3 is 5.97 Å². The van der Waals surface area contributed by atoms with Crippen LogP contribution >= 0.6 is 11.6 Å². The fourth-order valence-corrected chi connectivity index (χ4v) is 2.21. The topological polar surface area (TPSA) is 52.1 Å². The Bertz CT molecular complexity index is 409. The number of halogens is 1. The highest BCUT2D eigenvalue weighted by Crippen LogP contribution is 2.12. The van der Waals surface area contributed by atoms with Crippen LogP contribution < -0.4 is 0 Å². The third-order valence-electron chi connectivity index (χ3n) is 3.35. The minimum absolute atomic E-state index is 0.0920. The van der Waals surface area contributed by atoms with E-state index in [1.807, 2.05) is 6.92 Å². The summed E-state index contributed by atoms with van der Waals surface area (Å²) in [6, 6.07) is 0. The molecule has 4 nitrogen and oxygen atoms in total. The Balaban J connectivity index is 2.14. The van der Waals surface area contributed by atoms with Gasteiger partial charge in [0.15, 0.2) is 5.69 Å². The average molecular weight is 313 g/mol. The molecule has 0 bridgehead atoms. The summed E-state index contributed by atoms with van der Waals surface area (Å²) in [5, 5.41) is 0.266. The van der Waals surface area contributed by atoms with Gasteiger partial charge in [-0.15, -0.1) is 0 Å². The van der Waals surface area contributed by atoms with E-state index in [1.165, 1.54) is 50.9 Å². The van der Waals surface area contributed by atoms with Crippen LogP contribution in [0, 0.1) is 0 Å². The first kappa shape index (κ1) is 17.9. The van der Waals surface area contributed by atoms with E-state index in [0.29, 0.717) is 0 Å². The van der Waals surface area contributed by atoms with Crippen LogP contribution in [0.2, 0.25) is 5.15 Å². The molecule has 0 saturated carbocycles. The predicted octanol–water partition coefficient (Wildman–Crippen LogP) is 4.82. The van der Waals surface area contributed by atoms with Crippen LogP contribution in [-0.2, 0) is 4.74 Å². The van der Waals surface area contributed by atoms with Gasteiger partial charge in [0.05, 0.1) is 18.5 Å². The van der Waals surface area contributed by atoms with Crippen molar-refractivity contribution in [3.05, 3.63) is 23.2 Å². The van der Waals surface area contributed by atoms with Crippen molar-refractivity contribution in [1.29, 1.82) is 0 Å². The lowest BCUT2D eigenvalue weighted by atomic mass is 10.1. The number of hydrogen-bond donors (Lipinski definition) is 0. The van der Waals surface area contributed by atoms with Crippen molar-refractivity contribution >= 4 is 17.6 Å². The van der Waals surface area contributed by atoms with Crippen LogP contribution in [0.25, 0.3) is 0 Å². The van der Waals surface area contributed by atoms with Crippen molar-refractivity contribution in [2.45, 2.75) is 71.3 Å². The standard InChI is InChI=1S/C16H25ClN2O2/c1-3-4-5-6-7-8-9-10-13(2)21-16(20)14-11-19-15(17)12-18-14/h11-13H,3-10H2,1-2H3/t13-/m0/s1. The van der Waals surface area contributed by atoms with Crippen LogP contribution in [0.15, 0.2) is 12.4 Å². The molecule has 0 aliphatic carbocycles. The minimum atomic E-state index is -0.436. The second-order valence-corrected chi connectivity index (χ2v) is 5.74. The highest BCUT2D eigenvalue weighted by molar-refractivity contribution is 6.29. The molecule has 1 rings (SSSR count). The van der Waals surface area contributed by atoms with Crippen LogP contribution in [0.3, 0.4) is 0 Å². The predicted molar refractivity (Wildman–Crippen MR) is 84.5 cm³/mol. The van der Waals surface area contributed by atoms with Gasteiger partial charge in [0.25, 0.3) is 0 Å². The molecule has 21 heavy (non-hydrogen) atoms. The number of rotatable bonds is 10. The van der Waals surface area contributed by atoms with Crippen LogP contribution in [0.5, 0.6) is 0 Å². The van der Waals surface area contributed by atoms with Crippen molar-refractivity contribution < 1.29 is 9.53 Å². The van der Waals surface area contributed by atoms with Gasteiger partial charge in [-0.25, -0.2) is 14.8 Å². The highest BCUT2D eigenvalue weighted by atomic mass is 35.5. The summed E-state index contributed by atoms with van der Waals surface area (Å²) in [5.74, 6) is -0.436. The maximum Gasteiger partial charge on any atom is 0.358 e. The van der Waals surface area contributed by atoms with E-state index < -0.39 is 5.97 Å². The van der Waals surface area contributed by atoms with Crippen LogP contribution in [0.4, 0.5) is 0 Å². The van der Waals surface area contributed by atoms with E-state index in [9.17, 15) is 4.79 Å². The average Bonchev–Trinajstić information content (AvgIpc) is 2.47. The zero-order chi connectivity index (χ0) is 15.5. The van der Waals surface area contributed by atoms with E-state index in [-0.39, 0.29) is 17.0 Å². The molecule has 0 unspecified atom stereocenters. The van der Waals surface area contributed by atoms with Gasteiger partial charge in [-0.1, -0.05) is 57.0 Å². The molecule has 0 spiro atoms. The molecule has 0 fully saturated rings. The van der Waals surface area contributed by atoms with Gasteiger partial charge in [-0.05, 0) is 19.8 Å². The summed E-state index contributed by atoms with van der Waals surface area (Å²) in [6.45, 7) is 4.14. The normalized spacial score (nSPS) is 12.1. The molecule has 0 amide bonds. The molecule has 118 valence electrons. The molecule has 1 heterocycles. The van der Waals surface area contributed by atoms with E-state index in [1.54, 1.807) is 0 Å². The fourth-order valence-electron chi connectivity index (χ4n) is 2.11. The molecule has 1 atom stereocenters. The molecule has 0 radical (unpaired) electrons. The summed E-state index contributed by atoms with van der Waals surface area (Å²) in [4.78, 5) is 19.5. The molecule has 0 aromatic carbocycles. The van der Waals surface area contributed by atoms with Crippen LogP contribution in [0.1, 0.15) is 75.7 Å². The number of carbonyl (C=O) groups excluding carboxylic acids is 1. The summed E-state index contributed by atoms with van der Waals surface area (Å²) >= 11 is 5.63. The molecule has 0 aliphatic heterocycles. The molecule has 0 aliphatic rings. The first-order chi connectivity index (χ1) is 10.1. The van der Waals surface area contributed by atoms with Crippen molar-refractivity contribution in [3.63, 3.8) is 0 Å². The number of nitrogens with zero attached hydrogens (tertiary/aromatic N) is 2. The summed E-state index contributed by atoms with van der Waals surface area (Å²) in [7, 11) is 0. The Morgan fingerprint density at radius 3 is 2.43 bits per heavy atom. The molecule has 0 N–H and O–H groups in total. The quantitative estimate of drug-likeness (QED) is 0.459. The van der Waals surface area contributed by atoms with Crippen molar-refractivity contribution in [1.82, 2.24) is 9.97 Å². The molecule has 5 heteroatoms. The Hall–Kier alpha value is -1.16.